The first-order valence-corrected chi connectivity index (χ1v) is 17.8. The Morgan fingerprint density at radius 2 is 0.981 bits per heavy atom. The highest BCUT2D eigenvalue weighted by atomic mass is 16.5. The lowest BCUT2D eigenvalue weighted by atomic mass is 9.61. The van der Waals surface area contributed by atoms with Crippen molar-refractivity contribution in [3.05, 3.63) is 210 Å². The fourth-order valence-corrected chi connectivity index (χ4v) is 8.81. The van der Waals surface area contributed by atoms with E-state index in [9.17, 15) is 0 Å². The summed E-state index contributed by atoms with van der Waals surface area (Å²) in [6.45, 7) is 0. The molecule has 0 radical (unpaired) electrons. The van der Waals surface area contributed by atoms with Crippen LogP contribution in [0.15, 0.2) is 188 Å². The summed E-state index contributed by atoms with van der Waals surface area (Å²) < 4.78 is 16.1. The van der Waals surface area contributed by atoms with Crippen LogP contribution in [0.4, 0.5) is 0 Å². The molecule has 0 amide bonds. The van der Waals surface area contributed by atoms with Gasteiger partial charge in [0, 0.05) is 44.3 Å². The Bertz CT molecular complexity index is 2810. The third-order valence-corrected chi connectivity index (χ3v) is 10.9. The Kier molecular flexibility index (Phi) is 6.17. The predicted molar refractivity (Wildman–Crippen MR) is 210 cm³/mol. The summed E-state index contributed by atoms with van der Waals surface area (Å²) in [5, 5.41) is 2.45. The Morgan fingerprint density at radius 1 is 0.385 bits per heavy atom. The van der Waals surface area contributed by atoms with E-state index in [0.29, 0.717) is 0 Å². The molecular formula is C49H31NO2. The maximum absolute atomic E-state index is 7.09. The number of rotatable bonds is 3. The minimum atomic E-state index is -0.707. The van der Waals surface area contributed by atoms with Gasteiger partial charge in [-0.15, -0.1) is 0 Å². The lowest BCUT2D eigenvalue weighted by Crippen LogP contribution is -2.37. The van der Waals surface area contributed by atoms with Crippen molar-refractivity contribution < 1.29 is 9.47 Å². The van der Waals surface area contributed by atoms with E-state index in [4.69, 9.17) is 9.47 Å². The van der Waals surface area contributed by atoms with E-state index >= 15 is 0 Å². The van der Waals surface area contributed by atoms with Crippen molar-refractivity contribution in [2.75, 3.05) is 0 Å². The average Bonchev–Trinajstić information content (AvgIpc) is 3.56. The van der Waals surface area contributed by atoms with Gasteiger partial charge in [-0.25, -0.2) is 0 Å². The van der Waals surface area contributed by atoms with E-state index in [0.717, 1.165) is 67.6 Å². The molecule has 0 saturated heterocycles. The molecule has 2 aliphatic heterocycles. The quantitative estimate of drug-likeness (QED) is 0.187. The Morgan fingerprint density at radius 3 is 1.77 bits per heavy atom. The van der Waals surface area contributed by atoms with Crippen LogP contribution in [0.25, 0.3) is 49.7 Å². The number of para-hydroxylation sites is 5. The molecule has 8 aromatic carbocycles. The van der Waals surface area contributed by atoms with Crippen LogP contribution in [-0.2, 0) is 5.41 Å². The molecule has 244 valence electrons. The van der Waals surface area contributed by atoms with Crippen LogP contribution in [0.2, 0.25) is 0 Å². The van der Waals surface area contributed by atoms with Gasteiger partial charge in [0.2, 0.25) is 0 Å². The van der Waals surface area contributed by atoms with E-state index < -0.39 is 5.41 Å². The topological polar surface area (TPSA) is 23.4 Å². The second-order valence-corrected chi connectivity index (χ2v) is 13.6. The lowest BCUT2D eigenvalue weighted by molar-refractivity contribution is 0.400. The van der Waals surface area contributed by atoms with Crippen molar-refractivity contribution in [2.45, 2.75) is 5.41 Å². The maximum atomic E-state index is 7.09. The lowest BCUT2D eigenvalue weighted by Gasteiger charge is -2.45. The van der Waals surface area contributed by atoms with Crippen molar-refractivity contribution in [3.63, 3.8) is 0 Å². The van der Waals surface area contributed by atoms with Crippen molar-refractivity contribution in [1.82, 2.24) is 4.57 Å². The van der Waals surface area contributed by atoms with Crippen LogP contribution < -0.4 is 9.47 Å². The molecule has 0 N–H and O–H groups in total. The molecule has 11 rings (SSSR count). The number of aromatic nitrogens is 1. The standard InChI is InChI=1S/C49H31NO2/c1-3-15-32(16-4-1)36-21-13-24-40-48(36)52-46-30-29-33(31-41(46)49(40)38-22-8-11-27-44(38)51-45-28-12-9-23-39(45)49)35-20-14-26-43-47(35)37-19-7-10-25-42(37)50(43)34-17-5-2-6-18-34/h1-31H. The predicted octanol–water partition coefficient (Wildman–Crippen LogP) is 12.7. The summed E-state index contributed by atoms with van der Waals surface area (Å²) in [7, 11) is 0. The molecule has 52 heavy (non-hydrogen) atoms. The molecule has 0 bridgehead atoms. The molecular weight excluding hydrogens is 635 g/mol. The fourth-order valence-electron chi connectivity index (χ4n) is 8.81. The zero-order chi connectivity index (χ0) is 34.2. The first kappa shape index (κ1) is 28.9. The van der Waals surface area contributed by atoms with Crippen molar-refractivity contribution in [2.24, 2.45) is 0 Å². The minimum absolute atomic E-state index is 0.707. The minimum Gasteiger partial charge on any atom is -0.457 e. The van der Waals surface area contributed by atoms with Gasteiger partial charge in [-0.3, -0.25) is 0 Å². The van der Waals surface area contributed by atoms with E-state index in [1.54, 1.807) is 0 Å². The largest absolute Gasteiger partial charge is 0.457 e. The van der Waals surface area contributed by atoms with Gasteiger partial charge in [-0.2, -0.15) is 0 Å². The SMILES string of the molecule is c1ccc(-c2cccc3c2Oc2ccc(-c4cccc5c4c4ccccc4n5-c4ccccc4)cc2C32c3ccccc3Oc3ccccc32)cc1. The van der Waals surface area contributed by atoms with E-state index in [1.165, 1.54) is 27.4 Å². The molecule has 0 unspecified atom stereocenters. The molecule has 9 aromatic rings. The van der Waals surface area contributed by atoms with Crippen molar-refractivity contribution in [1.29, 1.82) is 0 Å². The molecule has 0 saturated carbocycles. The number of benzene rings is 8. The molecule has 2 aliphatic rings. The molecule has 3 heteroatoms. The van der Waals surface area contributed by atoms with Crippen LogP contribution in [0.5, 0.6) is 23.0 Å². The third-order valence-electron chi connectivity index (χ3n) is 10.9. The van der Waals surface area contributed by atoms with Gasteiger partial charge in [0.05, 0.1) is 16.4 Å². The maximum Gasteiger partial charge on any atom is 0.140 e. The zero-order valence-corrected chi connectivity index (χ0v) is 28.2. The first-order valence-electron chi connectivity index (χ1n) is 17.8. The molecule has 0 fully saturated rings. The zero-order valence-electron chi connectivity index (χ0n) is 28.2. The van der Waals surface area contributed by atoms with Crippen molar-refractivity contribution in [3.8, 4) is 50.9 Å². The molecule has 0 aliphatic carbocycles. The summed E-state index contributed by atoms with van der Waals surface area (Å²) >= 11 is 0. The van der Waals surface area contributed by atoms with E-state index in [2.05, 4.69) is 193 Å². The molecule has 1 aromatic heterocycles. The number of hydrogen-bond donors (Lipinski definition) is 0. The van der Waals surface area contributed by atoms with E-state index in [1.807, 2.05) is 0 Å². The molecule has 1 spiro atoms. The second kappa shape index (κ2) is 11.1. The molecule has 3 nitrogen and oxygen atoms in total. The summed E-state index contributed by atoms with van der Waals surface area (Å²) in [6.07, 6.45) is 0. The highest BCUT2D eigenvalue weighted by Crippen LogP contribution is 2.63. The first-order chi connectivity index (χ1) is 25.8. The highest BCUT2D eigenvalue weighted by molar-refractivity contribution is 6.15. The van der Waals surface area contributed by atoms with Crippen LogP contribution in [0.1, 0.15) is 22.3 Å². The van der Waals surface area contributed by atoms with Crippen LogP contribution in [0.3, 0.4) is 0 Å². The van der Waals surface area contributed by atoms with Crippen LogP contribution in [-0.4, -0.2) is 4.57 Å². The second-order valence-electron chi connectivity index (χ2n) is 13.6. The Hall–Kier alpha value is -6.84. The third kappa shape index (κ3) is 3.96. The van der Waals surface area contributed by atoms with Gasteiger partial charge in [0.1, 0.15) is 23.0 Å². The van der Waals surface area contributed by atoms with Gasteiger partial charge in [0.15, 0.2) is 0 Å². The van der Waals surface area contributed by atoms with E-state index in [-0.39, 0.29) is 0 Å². The fraction of sp³-hybridized carbons (Fsp3) is 0.0204. The van der Waals surface area contributed by atoms with Gasteiger partial charge in [-0.1, -0.05) is 140 Å². The summed E-state index contributed by atoms with van der Waals surface area (Å²) in [6, 6.07) is 66.9. The van der Waals surface area contributed by atoms with Crippen LogP contribution >= 0.6 is 0 Å². The number of hydrogen-bond acceptors (Lipinski definition) is 2. The summed E-state index contributed by atoms with van der Waals surface area (Å²) in [5.41, 5.74) is 11.7. The highest BCUT2D eigenvalue weighted by Gasteiger charge is 2.51. The van der Waals surface area contributed by atoms with Gasteiger partial charge < -0.3 is 14.0 Å². The van der Waals surface area contributed by atoms with Crippen molar-refractivity contribution >= 4 is 21.8 Å². The Labute approximate surface area is 301 Å². The van der Waals surface area contributed by atoms with Gasteiger partial charge in [0.25, 0.3) is 0 Å². The van der Waals surface area contributed by atoms with Crippen LogP contribution in [0, 0.1) is 0 Å². The summed E-state index contributed by atoms with van der Waals surface area (Å²) in [4.78, 5) is 0. The number of ether oxygens (including phenoxy) is 2. The Balaban J connectivity index is 1.24. The monoisotopic (exact) mass is 665 g/mol. The number of nitrogens with zero attached hydrogens (tertiary/aromatic N) is 1. The summed E-state index contributed by atoms with van der Waals surface area (Å²) in [5.74, 6) is 3.41. The molecule has 0 atom stereocenters. The van der Waals surface area contributed by atoms with Gasteiger partial charge >= 0.3 is 0 Å². The van der Waals surface area contributed by atoms with Gasteiger partial charge in [-0.05, 0) is 65.2 Å². The molecule has 3 heterocycles. The normalized spacial score (nSPS) is 13.5. The average molecular weight is 666 g/mol. The smallest absolute Gasteiger partial charge is 0.140 e. The number of fused-ring (bicyclic) bond motifs is 11.